The highest BCUT2D eigenvalue weighted by molar-refractivity contribution is 6.60. The van der Waals surface area contributed by atoms with E-state index in [4.69, 9.17) is 60.6 Å². The van der Waals surface area contributed by atoms with E-state index in [0.29, 0.717) is 25.3 Å². The topological polar surface area (TPSA) is 243 Å². The Kier molecular flexibility index (Phi) is 19.2. The first kappa shape index (κ1) is 45.9. The molecule has 10 atom stereocenters. The molecule has 0 aliphatic carbocycles. The number of carbonyl (C=O) groups excluding carboxylic acids is 6. The van der Waals surface area contributed by atoms with Crippen LogP contribution in [0.3, 0.4) is 0 Å². The standard InChI is InChI=1S/C32H52O20Si/c1-17(34)44-16-24-26(45-18(2)35)28(47-20(4)37)30(49-22(6)39)32(51-24)52-25-23(15-33)50-31(29(48-21(5)38)27(25)46-19(3)36)43-13-11-10-12-14-53(40-7,41-8)42-9/h23-33H,10-16H2,1-9H3/t23-,24-,25-,26+,27+,28+,29-,30-,31+,32+/m1/s1. The van der Waals surface area contributed by atoms with Crippen LogP contribution in [0.15, 0.2) is 0 Å². The number of aliphatic hydroxyl groups excluding tert-OH is 1. The van der Waals surface area contributed by atoms with Gasteiger partial charge in [-0.15, -0.1) is 0 Å². The van der Waals surface area contributed by atoms with E-state index in [-0.39, 0.29) is 6.61 Å². The zero-order valence-corrected chi connectivity index (χ0v) is 32.4. The molecule has 2 aliphatic rings. The fraction of sp³-hybridized carbons (Fsp3) is 0.812. The van der Waals surface area contributed by atoms with Crippen molar-refractivity contribution in [1.29, 1.82) is 0 Å². The minimum absolute atomic E-state index is 0.0834. The average Bonchev–Trinajstić information content (AvgIpc) is 3.07. The van der Waals surface area contributed by atoms with Crippen LogP contribution in [-0.4, -0.2) is 152 Å². The van der Waals surface area contributed by atoms with Gasteiger partial charge in [-0.25, -0.2) is 0 Å². The lowest BCUT2D eigenvalue weighted by molar-refractivity contribution is -0.361. The summed E-state index contributed by atoms with van der Waals surface area (Å²) in [7, 11) is 1.77. The lowest BCUT2D eigenvalue weighted by Gasteiger charge is -2.48. The molecule has 0 saturated carbocycles. The number of hydrogen-bond donors (Lipinski definition) is 1. The minimum Gasteiger partial charge on any atom is -0.463 e. The van der Waals surface area contributed by atoms with Crippen LogP contribution in [0.1, 0.15) is 60.8 Å². The summed E-state index contributed by atoms with van der Waals surface area (Å²) in [5.74, 6) is -5.01. The highest BCUT2D eigenvalue weighted by atomic mass is 28.4. The number of unbranched alkanes of at least 4 members (excludes halogenated alkanes) is 2. The maximum absolute atomic E-state index is 12.5. The maximum atomic E-state index is 12.5. The van der Waals surface area contributed by atoms with Crippen molar-refractivity contribution in [3.05, 3.63) is 0 Å². The normalized spacial score (nSPS) is 28.6. The molecule has 0 amide bonds. The molecule has 1 N–H and O–H groups in total. The summed E-state index contributed by atoms with van der Waals surface area (Å²) in [6, 6.07) is 0.547. The highest BCUT2D eigenvalue weighted by Gasteiger charge is 2.57. The molecule has 0 radical (unpaired) electrons. The second-order valence-electron chi connectivity index (χ2n) is 12.0. The van der Waals surface area contributed by atoms with Crippen molar-refractivity contribution in [3.8, 4) is 0 Å². The molecule has 2 rings (SSSR count). The molecule has 0 spiro atoms. The Hall–Kier alpha value is -3.28. The second kappa shape index (κ2) is 22.2. The third-order valence-corrected chi connectivity index (χ3v) is 10.8. The van der Waals surface area contributed by atoms with Gasteiger partial charge in [-0.05, 0) is 12.8 Å². The van der Waals surface area contributed by atoms with Crippen molar-refractivity contribution in [2.24, 2.45) is 0 Å². The second-order valence-corrected chi connectivity index (χ2v) is 15.1. The molecule has 0 aromatic rings. The number of rotatable bonds is 20. The summed E-state index contributed by atoms with van der Waals surface area (Å²) in [4.78, 5) is 73.3. The van der Waals surface area contributed by atoms with Crippen LogP contribution < -0.4 is 0 Å². The number of hydrogen-bond acceptors (Lipinski definition) is 20. The smallest absolute Gasteiger partial charge is 0.463 e. The van der Waals surface area contributed by atoms with Crippen LogP contribution in [0.4, 0.5) is 0 Å². The Morgan fingerprint density at radius 1 is 0.547 bits per heavy atom. The van der Waals surface area contributed by atoms with Crippen molar-refractivity contribution < 1.29 is 94.5 Å². The van der Waals surface area contributed by atoms with Crippen molar-refractivity contribution >= 4 is 44.6 Å². The SMILES string of the molecule is CO[Si](CCCCCO[C@H]1O[C@H](CO)[C@@H](O[C@@H]2O[C@H](COC(C)=O)[C@H](OC(C)=O)[C@H](OC(C)=O)[C@H]2OC(C)=O)[C@H](OC(C)=O)[C@H]1OC(C)=O)(OC)OC. The molecule has 0 aromatic heterocycles. The fourth-order valence-electron chi connectivity index (χ4n) is 5.80. The molecule has 53 heavy (non-hydrogen) atoms. The highest BCUT2D eigenvalue weighted by Crippen LogP contribution is 2.35. The van der Waals surface area contributed by atoms with Gasteiger partial charge in [0.25, 0.3) is 0 Å². The van der Waals surface area contributed by atoms with Gasteiger partial charge in [0.05, 0.1) is 6.61 Å². The van der Waals surface area contributed by atoms with Gasteiger partial charge < -0.3 is 65.8 Å². The summed E-state index contributed by atoms with van der Waals surface area (Å²) < 4.78 is 73.1. The molecular weight excluding hydrogens is 732 g/mol. The number of esters is 6. The molecule has 0 bridgehead atoms. The van der Waals surface area contributed by atoms with Crippen molar-refractivity contribution in [2.75, 3.05) is 41.2 Å². The van der Waals surface area contributed by atoms with Gasteiger partial charge in [-0.3, -0.25) is 28.8 Å². The Bertz CT molecular complexity index is 1220. The van der Waals surface area contributed by atoms with E-state index in [1.54, 1.807) is 0 Å². The van der Waals surface area contributed by atoms with Crippen molar-refractivity contribution in [1.82, 2.24) is 0 Å². The third-order valence-electron chi connectivity index (χ3n) is 7.96. The van der Waals surface area contributed by atoms with Gasteiger partial charge in [-0.1, -0.05) is 6.42 Å². The van der Waals surface area contributed by atoms with Gasteiger partial charge in [0.1, 0.15) is 24.9 Å². The van der Waals surface area contributed by atoms with Gasteiger partial charge in [0.15, 0.2) is 43.1 Å². The Balaban J connectivity index is 2.47. The van der Waals surface area contributed by atoms with E-state index in [9.17, 15) is 33.9 Å². The van der Waals surface area contributed by atoms with Crippen molar-refractivity contribution in [3.63, 3.8) is 0 Å². The van der Waals surface area contributed by atoms with E-state index in [1.165, 1.54) is 21.3 Å². The molecule has 304 valence electrons. The predicted molar refractivity (Wildman–Crippen MR) is 175 cm³/mol. The first-order chi connectivity index (χ1) is 25.0. The van der Waals surface area contributed by atoms with Gasteiger partial charge in [-0.2, -0.15) is 0 Å². The molecule has 2 saturated heterocycles. The Morgan fingerprint density at radius 2 is 1.00 bits per heavy atom. The van der Waals surface area contributed by atoms with Crippen LogP contribution in [0.2, 0.25) is 6.04 Å². The van der Waals surface area contributed by atoms with E-state index in [1.807, 2.05) is 0 Å². The largest absolute Gasteiger partial charge is 0.500 e. The molecule has 0 aromatic carbocycles. The van der Waals surface area contributed by atoms with E-state index >= 15 is 0 Å². The van der Waals surface area contributed by atoms with E-state index in [2.05, 4.69) is 0 Å². The molecule has 0 unspecified atom stereocenters. The lowest BCUT2D eigenvalue weighted by atomic mass is 9.96. The maximum Gasteiger partial charge on any atom is 0.500 e. The van der Waals surface area contributed by atoms with Crippen LogP contribution in [-0.2, 0) is 89.4 Å². The molecule has 20 nitrogen and oxygen atoms in total. The van der Waals surface area contributed by atoms with Crippen LogP contribution >= 0.6 is 0 Å². The quantitative estimate of drug-likeness (QED) is 0.0745. The first-order valence-electron chi connectivity index (χ1n) is 16.8. The summed E-state index contributed by atoms with van der Waals surface area (Å²) in [6.07, 6.45) is -13.3. The van der Waals surface area contributed by atoms with Gasteiger partial charge >= 0.3 is 44.6 Å². The summed E-state index contributed by atoms with van der Waals surface area (Å²) in [5.41, 5.74) is 0. The molecule has 2 aliphatic heterocycles. The monoisotopic (exact) mass is 784 g/mol. The summed E-state index contributed by atoms with van der Waals surface area (Å²) in [5, 5.41) is 10.5. The van der Waals surface area contributed by atoms with Crippen molar-refractivity contribution in [2.45, 2.75) is 128 Å². The summed E-state index contributed by atoms with van der Waals surface area (Å²) in [6.45, 7) is 5.22. The number of ether oxygens (including phenoxy) is 10. The Morgan fingerprint density at radius 3 is 1.47 bits per heavy atom. The molecule has 21 heteroatoms. The van der Waals surface area contributed by atoms with Crippen LogP contribution in [0.5, 0.6) is 0 Å². The molecule has 2 fully saturated rings. The molecular formula is C32H52O20Si. The average molecular weight is 785 g/mol. The number of aliphatic hydroxyl groups is 1. The predicted octanol–water partition coefficient (Wildman–Crippen LogP) is 0.100. The molecule has 2 heterocycles. The summed E-state index contributed by atoms with van der Waals surface area (Å²) >= 11 is 0. The lowest BCUT2D eigenvalue weighted by Crippen LogP contribution is -2.67. The third kappa shape index (κ3) is 14.1. The van der Waals surface area contributed by atoms with E-state index in [0.717, 1.165) is 41.5 Å². The zero-order valence-electron chi connectivity index (χ0n) is 31.4. The van der Waals surface area contributed by atoms with Crippen LogP contribution in [0.25, 0.3) is 0 Å². The minimum atomic E-state index is -2.78. The first-order valence-corrected chi connectivity index (χ1v) is 18.8. The van der Waals surface area contributed by atoms with Gasteiger partial charge in [0.2, 0.25) is 0 Å². The Labute approximate surface area is 308 Å². The van der Waals surface area contributed by atoms with E-state index < -0.39 is 119 Å². The van der Waals surface area contributed by atoms with Gasteiger partial charge in [0, 0.05) is 75.5 Å². The fourth-order valence-corrected chi connectivity index (χ4v) is 7.59. The number of carbonyl (C=O) groups is 6. The zero-order chi connectivity index (χ0) is 39.9. The van der Waals surface area contributed by atoms with Crippen LogP contribution in [0, 0.1) is 0 Å².